The van der Waals surface area contributed by atoms with Crippen LogP contribution in [0.4, 0.5) is 8.78 Å². The molecule has 0 aliphatic carbocycles. The summed E-state index contributed by atoms with van der Waals surface area (Å²) >= 11 is 1.12. The molecule has 0 amide bonds. The van der Waals surface area contributed by atoms with E-state index in [4.69, 9.17) is 0 Å². The second-order valence-corrected chi connectivity index (χ2v) is 2.83. The summed E-state index contributed by atoms with van der Waals surface area (Å²) in [4.78, 5) is 0.190. The summed E-state index contributed by atoms with van der Waals surface area (Å²) in [5.74, 6) is -0.0509. The topological polar surface area (TPSA) is 0 Å². The van der Waals surface area contributed by atoms with Gasteiger partial charge in [0.05, 0.1) is 4.91 Å². The molecular formula is C6H10F2S. The lowest BCUT2D eigenvalue weighted by Crippen LogP contribution is -1.89. The molecule has 3 heteroatoms. The third-order valence-electron chi connectivity index (χ3n) is 0.931. The zero-order valence-electron chi connectivity index (χ0n) is 5.74. The van der Waals surface area contributed by atoms with E-state index in [0.29, 0.717) is 0 Å². The fraction of sp³-hybridized carbons (Fsp3) is 0.667. The Morgan fingerprint density at radius 1 is 1.33 bits per heavy atom. The third-order valence-corrected chi connectivity index (χ3v) is 2.00. The van der Waals surface area contributed by atoms with Gasteiger partial charge in [-0.3, -0.25) is 0 Å². The maximum absolute atomic E-state index is 11.8. The molecule has 0 unspecified atom stereocenters. The van der Waals surface area contributed by atoms with Crippen LogP contribution in [0.1, 0.15) is 13.8 Å². The highest BCUT2D eigenvalue weighted by Gasteiger charge is 2.07. The summed E-state index contributed by atoms with van der Waals surface area (Å²) in [5, 5.41) is 0. The number of thioether (sulfide) groups is 1. The van der Waals surface area contributed by atoms with Crippen LogP contribution in [-0.4, -0.2) is 6.26 Å². The number of hydrogen-bond acceptors (Lipinski definition) is 1. The van der Waals surface area contributed by atoms with Crippen LogP contribution in [0, 0.1) is 5.92 Å². The first-order chi connectivity index (χ1) is 4.09. The largest absolute Gasteiger partial charge is 0.279 e. The molecule has 0 spiro atoms. The van der Waals surface area contributed by atoms with Gasteiger partial charge in [-0.25, -0.2) is 0 Å². The van der Waals surface area contributed by atoms with Gasteiger partial charge in [-0.05, 0) is 12.2 Å². The quantitative estimate of drug-likeness (QED) is 0.585. The van der Waals surface area contributed by atoms with Gasteiger partial charge in [-0.15, -0.1) is 11.8 Å². The Bertz CT molecular complexity index is 114. The Kier molecular flexibility index (Phi) is 3.86. The lowest BCUT2D eigenvalue weighted by Gasteiger charge is -2.04. The normalized spacial score (nSPS) is 10.0. The zero-order chi connectivity index (χ0) is 7.44. The van der Waals surface area contributed by atoms with Crippen LogP contribution in [-0.2, 0) is 0 Å². The predicted octanol–water partition coefficient (Wildman–Crippen LogP) is 3.11. The summed E-state index contributed by atoms with van der Waals surface area (Å²) in [6.07, 6.45) is 0.117. The third kappa shape index (κ3) is 2.84. The van der Waals surface area contributed by atoms with Crippen molar-refractivity contribution in [2.24, 2.45) is 5.92 Å². The van der Waals surface area contributed by atoms with Gasteiger partial charge >= 0.3 is 0 Å². The minimum absolute atomic E-state index is 0.0509. The van der Waals surface area contributed by atoms with Crippen LogP contribution in [0.5, 0.6) is 0 Å². The van der Waals surface area contributed by atoms with E-state index in [1.165, 1.54) is 0 Å². The molecule has 0 atom stereocenters. The molecule has 0 saturated carbocycles. The Hall–Kier alpha value is -0.0500. The molecule has 0 N–H and O–H groups in total. The number of allylic oxidation sites excluding steroid dienone is 1. The van der Waals surface area contributed by atoms with Crippen LogP contribution in [0.3, 0.4) is 0 Å². The fourth-order valence-electron chi connectivity index (χ4n) is 0.531. The van der Waals surface area contributed by atoms with E-state index in [0.717, 1.165) is 11.8 Å². The highest BCUT2D eigenvalue weighted by atomic mass is 32.2. The Morgan fingerprint density at radius 3 is 1.78 bits per heavy atom. The highest BCUT2D eigenvalue weighted by molar-refractivity contribution is 8.02. The highest BCUT2D eigenvalue weighted by Crippen LogP contribution is 2.26. The van der Waals surface area contributed by atoms with Crippen molar-refractivity contribution in [1.29, 1.82) is 0 Å². The molecule has 0 saturated heterocycles. The molecular weight excluding hydrogens is 142 g/mol. The van der Waals surface area contributed by atoms with E-state index in [-0.39, 0.29) is 10.8 Å². The van der Waals surface area contributed by atoms with Gasteiger partial charge in [0, 0.05) is 0 Å². The van der Waals surface area contributed by atoms with Gasteiger partial charge in [-0.2, -0.15) is 8.78 Å². The van der Waals surface area contributed by atoms with E-state index in [1.54, 1.807) is 20.1 Å². The van der Waals surface area contributed by atoms with Crippen molar-refractivity contribution in [2.75, 3.05) is 6.26 Å². The average Bonchev–Trinajstić information content (AvgIpc) is 1.64. The summed E-state index contributed by atoms with van der Waals surface area (Å²) in [7, 11) is 0. The van der Waals surface area contributed by atoms with Crippen molar-refractivity contribution < 1.29 is 8.78 Å². The van der Waals surface area contributed by atoms with Crippen LogP contribution >= 0.6 is 11.8 Å². The van der Waals surface area contributed by atoms with Gasteiger partial charge in [0.15, 0.2) is 0 Å². The second kappa shape index (κ2) is 3.88. The van der Waals surface area contributed by atoms with Crippen molar-refractivity contribution in [2.45, 2.75) is 13.8 Å². The molecule has 0 aromatic carbocycles. The molecule has 0 fully saturated rings. The number of rotatable bonds is 2. The van der Waals surface area contributed by atoms with Crippen molar-refractivity contribution in [3.8, 4) is 0 Å². The monoisotopic (exact) mass is 152 g/mol. The first-order valence-corrected chi connectivity index (χ1v) is 3.91. The molecule has 0 aromatic rings. The number of hydrogen-bond donors (Lipinski definition) is 0. The van der Waals surface area contributed by atoms with E-state index in [1.807, 2.05) is 0 Å². The van der Waals surface area contributed by atoms with E-state index in [9.17, 15) is 8.78 Å². The van der Waals surface area contributed by atoms with Gasteiger partial charge in [0.25, 0.3) is 6.08 Å². The minimum Gasteiger partial charge on any atom is -0.172 e. The van der Waals surface area contributed by atoms with Crippen LogP contribution in [0.2, 0.25) is 0 Å². The molecule has 0 nitrogen and oxygen atoms in total. The average molecular weight is 152 g/mol. The van der Waals surface area contributed by atoms with Crippen molar-refractivity contribution in [3.05, 3.63) is 11.0 Å². The maximum Gasteiger partial charge on any atom is 0.279 e. The molecule has 0 heterocycles. The smallest absolute Gasteiger partial charge is 0.172 e. The Morgan fingerprint density at radius 2 is 1.78 bits per heavy atom. The van der Waals surface area contributed by atoms with E-state index in [2.05, 4.69) is 0 Å². The first kappa shape index (κ1) is 8.95. The van der Waals surface area contributed by atoms with Gasteiger partial charge in [0.1, 0.15) is 0 Å². The molecule has 0 aliphatic heterocycles. The SMILES string of the molecule is CSC(=C(F)F)C(C)C. The molecule has 0 bridgehead atoms. The zero-order valence-corrected chi connectivity index (χ0v) is 6.56. The summed E-state index contributed by atoms with van der Waals surface area (Å²) < 4.78 is 23.6. The molecule has 0 radical (unpaired) electrons. The van der Waals surface area contributed by atoms with Crippen LogP contribution in [0.25, 0.3) is 0 Å². The molecule has 0 aromatic heterocycles. The molecule has 0 aliphatic rings. The van der Waals surface area contributed by atoms with Crippen molar-refractivity contribution in [3.63, 3.8) is 0 Å². The van der Waals surface area contributed by atoms with E-state index >= 15 is 0 Å². The number of halogens is 2. The standard InChI is InChI=1S/C6H10F2S/c1-4(2)5(9-3)6(7)8/h4H,1-3H3. The Labute approximate surface area is 58.3 Å². The van der Waals surface area contributed by atoms with E-state index < -0.39 is 6.08 Å². The maximum atomic E-state index is 11.8. The fourth-order valence-corrected chi connectivity index (χ4v) is 1.16. The van der Waals surface area contributed by atoms with Crippen molar-refractivity contribution in [1.82, 2.24) is 0 Å². The second-order valence-electron chi connectivity index (χ2n) is 1.98. The molecule has 0 rings (SSSR count). The lowest BCUT2D eigenvalue weighted by molar-refractivity contribution is 0.409. The van der Waals surface area contributed by atoms with Crippen LogP contribution < -0.4 is 0 Å². The Balaban J connectivity index is 4.16. The van der Waals surface area contributed by atoms with Gasteiger partial charge in [0.2, 0.25) is 0 Å². The predicted molar refractivity (Wildman–Crippen MR) is 37.6 cm³/mol. The van der Waals surface area contributed by atoms with Crippen LogP contribution in [0.15, 0.2) is 11.0 Å². The summed E-state index contributed by atoms with van der Waals surface area (Å²) in [6, 6.07) is 0. The van der Waals surface area contributed by atoms with Gasteiger partial charge < -0.3 is 0 Å². The molecule has 54 valence electrons. The van der Waals surface area contributed by atoms with Crippen molar-refractivity contribution >= 4 is 11.8 Å². The molecule has 9 heavy (non-hydrogen) atoms. The summed E-state index contributed by atoms with van der Waals surface area (Å²) in [6.45, 7) is 3.51. The minimum atomic E-state index is -1.54. The first-order valence-electron chi connectivity index (χ1n) is 2.68. The lowest BCUT2D eigenvalue weighted by atomic mass is 10.2. The van der Waals surface area contributed by atoms with Gasteiger partial charge in [-0.1, -0.05) is 13.8 Å². The summed E-state index contributed by atoms with van der Waals surface area (Å²) in [5.41, 5.74) is 0.